The van der Waals surface area contributed by atoms with Crippen molar-refractivity contribution in [3.8, 4) is 23.2 Å². The van der Waals surface area contributed by atoms with Gasteiger partial charge in [0.2, 0.25) is 0 Å². The summed E-state index contributed by atoms with van der Waals surface area (Å²) in [6.07, 6.45) is 2.57. The zero-order valence-corrected chi connectivity index (χ0v) is 19.3. The quantitative estimate of drug-likeness (QED) is 0.358. The Hall–Kier alpha value is -4.15. The Morgan fingerprint density at radius 2 is 1.97 bits per heavy atom. The highest BCUT2D eigenvalue weighted by atomic mass is 35.5. The topological polar surface area (TPSA) is 90.1 Å². The number of carbonyl (C=O) groups is 1. The number of rotatable bonds is 5. The second kappa shape index (κ2) is 10.6. The summed E-state index contributed by atoms with van der Waals surface area (Å²) in [5.41, 5.74) is 4.15. The molecule has 7 nitrogen and oxygen atoms in total. The van der Waals surface area contributed by atoms with Crippen LogP contribution in [0.3, 0.4) is 0 Å². The van der Waals surface area contributed by atoms with E-state index >= 15 is 0 Å². The smallest absolute Gasteiger partial charge is 0.412 e. The molecule has 2 heterocycles. The second-order valence-corrected chi connectivity index (χ2v) is 7.83. The average molecular weight is 473 g/mol. The fourth-order valence-electron chi connectivity index (χ4n) is 3.24. The van der Waals surface area contributed by atoms with Gasteiger partial charge in [0, 0.05) is 27.9 Å². The third kappa shape index (κ3) is 5.61. The molecule has 0 aliphatic carbocycles. The van der Waals surface area contributed by atoms with Crippen LogP contribution in [0.5, 0.6) is 0 Å². The van der Waals surface area contributed by atoms with Crippen molar-refractivity contribution in [2.75, 3.05) is 5.32 Å². The molecule has 2 aromatic heterocycles. The lowest BCUT2D eigenvalue weighted by atomic mass is 10.1. The molecule has 2 aromatic carbocycles. The zero-order chi connectivity index (χ0) is 23.9. The minimum absolute atomic E-state index is 0.431. The maximum atomic E-state index is 12.6. The Morgan fingerprint density at radius 1 is 1.18 bits per heavy atom. The van der Waals surface area contributed by atoms with E-state index in [1.807, 2.05) is 48.5 Å². The molecular weight excluding hydrogens is 452 g/mol. The van der Waals surface area contributed by atoms with Gasteiger partial charge in [-0.05, 0) is 50.2 Å². The third-order valence-electron chi connectivity index (χ3n) is 5.01. The number of hydrogen-bond acceptors (Lipinski definition) is 6. The maximum Gasteiger partial charge on any atom is 0.412 e. The number of amides is 1. The van der Waals surface area contributed by atoms with Crippen molar-refractivity contribution < 1.29 is 14.1 Å². The number of ether oxygens (including phenoxy) is 1. The van der Waals surface area contributed by atoms with E-state index in [0.29, 0.717) is 28.6 Å². The van der Waals surface area contributed by atoms with Crippen LogP contribution >= 0.6 is 11.6 Å². The van der Waals surface area contributed by atoms with Crippen molar-refractivity contribution in [1.82, 2.24) is 15.1 Å². The summed E-state index contributed by atoms with van der Waals surface area (Å²) in [5, 5.41) is 7.27. The normalized spacial score (nSPS) is 11.3. The molecule has 0 bridgehead atoms. The van der Waals surface area contributed by atoms with E-state index in [0.717, 1.165) is 22.4 Å². The molecule has 0 radical (unpaired) electrons. The predicted molar refractivity (Wildman–Crippen MR) is 129 cm³/mol. The third-order valence-corrected chi connectivity index (χ3v) is 5.35. The molecule has 8 heteroatoms. The molecule has 170 valence electrons. The van der Waals surface area contributed by atoms with Crippen LogP contribution in [0, 0.1) is 18.8 Å². The molecule has 1 atom stereocenters. The van der Waals surface area contributed by atoms with Gasteiger partial charge in [0.05, 0.1) is 12.1 Å². The highest BCUT2D eigenvalue weighted by Gasteiger charge is 2.20. The summed E-state index contributed by atoms with van der Waals surface area (Å²) in [6, 6.07) is 16.5. The summed E-state index contributed by atoms with van der Waals surface area (Å²) < 4.78 is 11.0. The second-order valence-electron chi connectivity index (χ2n) is 7.42. The Morgan fingerprint density at radius 3 is 2.71 bits per heavy atom. The van der Waals surface area contributed by atoms with Crippen LogP contribution in [0.1, 0.15) is 35.5 Å². The van der Waals surface area contributed by atoms with E-state index in [-0.39, 0.29) is 0 Å². The molecule has 0 aliphatic heterocycles. The van der Waals surface area contributed by atoms with Gasteiger partial charge in [0.15, 0.2) is 5.76 Å². The number of nitrogens with one attached hydrogen (secondary N) is 1. The lowest BCUT2D eigenvalue weighted by Crippen LogP contribution is -2.17. The monoisotopic (exact) mass is 472 g/mol. The minimum atomic E-state index is -0.632. The molecule has 0 saturated heterocycles. The largest absolute Gasteiger partial charge is 0.441 e. The predicted octanol–water partition coefficient (Wildman–Crippen LogP) is 6.00. The Bertz CT molecular complexity index is 1340. The van der Waals surface area contributed by atoms with Crippen LogP contribution in [0.15, 0.2) is 71.6 Å². The molecule has 0 saturated carbocycles. The summed E-state index contributed by atoms with van der Waals surface area (Å²) in [6.45, 7) is 3.50. The van der Waals surface area contributed by atoms with Gasteiger partial charge >= 0.3 is 6.09 Å². The number of anilines is 1. The van der Waals surface area contributed by atoms with Crippen molar-refractivity contribution in [3.05, 3.63) is 94.7 Å². The van der Waals surface area contributed by atoms with Crippen LogP contribution in [-0.4, -0.2) is 21.2 Å². The van der Waals surface area contributed by atoms with E-state index in [1.165, 1.54) is 6.33 Å². The first kappa shape index (κ1) is 23.0. The summed E-state index contributed by atoms with van der Waals surface area (Å²) in [4.78, 5) is 20.6. The van der Waals surface area contributed by atoms with E-state index < -0.39 is 12.2 Å². The van der Waals surface area contributed by atoms with Crippen LogP contribution in [0.2, 0.25) is 5.02 Å². The first-order valence-corrected chi connectivity index (χ1v) is 10.9. The average Bonchev–Trinajstić information content (AvgIpc) is 3.20. The van der Waals surface area contributed by atoms with Gasteiger partial charge in [-0.25, -0.2) is 14.8 Å². The summed E-state index contributed by atoms with van der Waals surface area (Å²) >= 11 is 6.20. The van der Waals surface area contributed by atoms with Gasteiger partial charge in [-0.2, -0.15) is 0 Å². The van der Waals surface area contributed by atoms with Gasteiger partial charge in [-0.15, -0.1) is 0 Å². The van der Waals surface area contributed by atoms with Crippen molar-refractivity contribution in [2.24, 2.45) is 0 Å². The minimum Gasteiger partial charge on any atom is -0.441 e. The van der Waals surface area contributed by atoms with Crippen LogP contribution in [-0.2, 0) is 11.2 Å². The number of halogens is 1. The molecule has 1 unspecified atom stereocenters. The molecular formula is C26H21ClN4O3. The van der Waals surface area contributed by atoms with Gasteiger partial charge in [0.25, 0.3) is 0 Å². The van der Waals surface area contributed by atoms with E-state index in [4.69, 9.17) is 20.9 Å². The lowest BCUT2D eigenvalue weighted by Gasteiger charge is -2.15. The first-order chi connectivity index (χ1) is 16.5. The molecule has 0 spiro atoms. The lowest BCUT2D eigenvalue weighted by molar-refractivity contribution is 0.121. The van der Waals surface area contributed by atoms with Crippen molar-refractivity contribution in [3.63, 3.8) is 0 Å². The molecule has 34 heavy (non-hydrogen) atoms. The van der Waals surface area contributed by atoms with Crippen LogP contribution in [0.25, 0.3) is 11.3 Å². The highest BCUT2D eigenvalue weighted by molar-refractivity contribution is 6.31. The Labute approximate surface area is 202 Å². The number of aromatic nitrogens is 3. The molecule has 4 aromatic rings. The van der Waals surface area contributed by atoms with Crippen LogP contribution < -0.4 is 5.32 Å². The van der Waals surface area contributed by atoms with Gasteiger partial charge in [-0.3, -0.25) is 5.32 Å². The number of aryl methyl sites for hydroxylation is 1. The zero-order valence-electron chi connectivity index (χ0n) is 18.6. The molecule has 0 aliphatic rings. The number of nitrogens with zero attached hydrogens (tertiary/aromatic N) is 3. The Balaban J connectivity index is 1.44. The molecule has 1 amide bonds. The number of hydrogen-bond donors (Lipinski definition) is 1. The first-order valence-electron chi connectivity index (χ1n) is 10.5. The van der Waals surface area contributed by atoms with Gasteiger partial charge in [0.1, 0.15) is 23.8 Å². The van der Waals surface area contributed by atoms with Crippen molar-refractivity contribution >= 4 is 23.4 Å². The summed E-state index contributed by atoms with van der Waals surface area (Å²) in [7, 11) is 0. The van der Waals surface area contributed by atoms with Gasteiger partial charge in [-0.1, -0.05) is 46.8 Å². The molecule has 1 N–H and O–H groups in total. The van der Waals surface area contributed by atoms with Crippen LogP contribution in [0.4, 0.5) is 10.5 Å². The van der Waals surface area contributed by atoms with Crippen molar-refractivity contribution in [2.45, 2.75) is 26.4 Å². The fraction of sp³-hybridized carbons (Fsp3) is 0.154. The molecule has 4 rings (SSSR count). The van der Waals surface area contributed by atoms with Crippen molar-refractivity contribution in [1.29, 1.82) is 0 Å². The maximum absolute atomic E-state index is 12.6. The SMILES string of the molecule is Cc1noc(-c2ccc(C#CCc3ccncn3)cc2)c1NC(=O)OC(C)c1ccccc1Cl. The van der Waals surface area contributed by atoms with E-state index in [1.54, 1.807) is 26.1 Å². The van der Waals surface area contributed by atoms with E-state index in [2.05, 4.69) is 32.3 Å². The molecule has 0 fully saturated rings. The highest BCUT2D eigenvalue weighted by Crippen LogP contribution is 2.32. The number of benzene rings is 2. The fourth-order valence-corrected chi connectivity index (χ4v) is 3.53. The van der Waals surface area contributed by atoms with Gasteiger partial charge < -0.3 is 9.26 Å². The summed E-state index contributed by atoms with van der Waals surface area (Å²) in [5.74, 6) is 6.63. The van der Waals surface area contributed by atoms with E-state index in [9.17, 15) is 4.79 Å². The standard InChI is InChI=1S/C26H21ClN4O3/c1-17-24(30-26(32)33-18(2)22-8-3-4-9-23(22)27)25(34-31-17)20-12-10-19(11-13-20)6-5-7-21-14-15-28-16-29-21/h3-4,8-16,18H,7H2,1-2H3,(H,30,32). The number of carbonyl (C=O) groups excluding carboxylic acids is 1. The Kier molecular flexibility index (Phi) is 7.21.